The molecule has 1 aromatic heterocycles. The predicted octanol–water partition coefficient (Wildman–Crippen LogP) is 7.31. The summed E-state index contributed by atoms with van der Waals surface area (Å²) >= 11 is 29.4. The van der Waals surface area contributed by atoms with Gasteiger partial charge in [0.05, 0.1) is 10.0 Å². The molecule has 6 nitrogen and oxygen atoms in total. The van der Waals surface area contributed by atoms with Gasteiger partial charge in [0, 0.05) is 22.2 Å². The smallest absolute Gasteiger partial charge is 0.266 e. The number of oxazole rings is 1. The van der Waals surface area contributed by atoms with E-state index in [-0.39, 0.29) is 5.11 Å². The van der Waals surface area contributed by atoms with E-state index in [1.54, 1.807) is 31.2 Å². The van der Waals surface area contributed by atoms with Crippen molar-refractivity contribution in [1.29, 1.82) is 0 Å². The van der Waals surface area contributed by atoms with Gasteiger partial charge in [-0.2, -0.15) is 0 Å². The Hall–Kier alpha value is -2.55. The highest BCUT2D eigenvalue weighted by molar-refractivity contribution is 7.80. The van der Waals surface area contributed by atoms with E-state index in [0.29, 0.717) is 54.9 Å². The van der Waals surface area contributed by atoms with Gasteiger partial charge < -0.3 is 14.5 Å². The Morgan fingerprint density at radius 3 is 2.46 bits per heavy atom. The molecule has 0 saturated heterocycles. The zero-order valence-electron chi connectivity index (χ0n) is 18.1. The van der Waals surface area contributed by atoms with E-state index in [0.717, 1.165) is 5.56 Å². The van der Waals surface area contributed by atoms with Crippen LogP contribution >= 0.6 is 58.6 Å². The highest BCUT2D eigenvalue weighted by Gasteiger charge is 2.18. The number of hydrogen-bond donors (Lipinski definition) is 2. The molecule has 180 valence electrons. The molecule has 1 amide bonds. The summed E-state index contributed by atoms with van der Waals surface area (Å²) in [7, 11) is 0. The summed E-state index contributed by atoms with van der Waals surface area (Å²) in [4.78, 5) is 16.9. The average molecular weight is 569 g/mol. The van der Waals surface area contributed by atoms with Gasteiger partial charge in [-0.3, -0.25) is 10.1 Å². The molecular formula is C24H17Cl4N3O3S. The molecule has 0 fully saturated rings. The molecule has 2 N–H and O–H groups in total. The molecule has 3 aromatic carbocycles. The molecule has 11 heteroatoms. The lowest BCUT2D eigenvalue weighted by Crippen LogP contribution is -2.42. The van der Waals surface area contributed by atoms with E-state index in [9.17, 15) is 4.79 Å². The molecule has 0 bridgehead atoms. The molecule has 0 radical (unpaired) electrons. The summed E-state index contributed by atoms with van der Waals surface area (Å²) < 4.78 is 11.4. The van der Waals surface area contributed by atoms with E-state index >= 15 is 0 Å². The number of rotatable bonds is 6. The standard InChI is InChI=1S/C24H17Cl4N3O3S/c1-12(33-20-7-4-14(25)9-17(20)27)23(32)31-24(35)29-16-5-2-13(3-6-16)8-21-30-19-11-15(26)10-18(28)22(19)34-21/h2-7,9-12H,8H2,1H3,(H2,29,31,32,35). The minimum Gasteiger partial charge on any atom is -0.479 e. The normalized spacial score (nSPS) is 11.8. The van der Waals surface area contributed by atoms with Gasteiger partial charge in [0.25, 0.3) is 5.91 Å². The van der Waals surface area contributed by atoms with Crippen molar-refractivity contribution in [2.24, 2.45) is 0 Å². The van der Waals surface area contributed by atoms with Crippen LogP contribution in [-0.4, -0.2) is 22.1 Å². The Labute approximate surface area is 226 Å². The minimum absolute atomic E-state index is 0.130. The molecule has 35 heavy (non-hydrogen) atoms. The number of aromatic nitrogens is 1. The second kappa shape index (κ2) is 11.0. The van der Waals surface area contributed by atoms with Crippen LogP contribution in [0.2, 0.25) is 20.1 Å². The molecule has 0 aliphatic rings. The lowest BCUT2D eigenvalue weighted by molar-refractivity contribution is -0.125. The Balaban J connectivity index is 1.32. The number of halogens is 4. The van der Waals surface area contributed by atoms with Crippen molar-refractivity contribution in [3.63, 3.8) is 0 Å². The number of amides is 1. The first-order valence-electron chi connectivity index (χ1n) is 10.2. The van der Waals surface area contributed by atoms with Crippen LogP contribution in [0.25, 0.3) is 11.1 Å². The largest absolute Gasteiger partial charge is 0.479 e. The molecule has 0 saturated carbocycles. The van der Waals surface area contributed by atoms with Crippen LogP contribution < -0.4 is 15.4 Å². The Kier molecular flexibility index (Phi) is 8.04. The molecule has 1 unspecified atom stereocenters. The molecule has 4 rings (SSSR count). The van der Waals surface area contributed by atoms with Crippen molar-refractivity contribution >= 4 is 86.4 Å². The van der Waals surface area contributed by atoms with Gasteiger partial charge in [0.15, 0.2) is 22.7 Å². The Morgan fingerprint density at radius 2 is 1.74 bits per heavy atom. The van der Waals surface area contributed by atoms with E-state index in [2.05, 4.69) is 15.6 Å². The van der Waals surface area contributed by atoms with E-state index < -0.39 is 12.0 Å². The number of nitrogens with one attached hydrogen (secondary N) is 2. The number of benzene rings is 3. The predicted molar refractivity (Wildman–Crippen MR) is 144 cm³/mol. The first kappa shape index (κ1) is 25.5. The van der Waals surface area contributed by atoms with E-state index in [4.69, 9.17) is 67.8 Å². The number of fused-ring (bicyclic) bond motifs is 1. The van der Waals surface area contributed by atoms with Gasteiger partial charge in [0.2, 0.25) is 0 Å². The van der Waals surface area contributed by atoms with Crippen molar-refractivity contribution in [3.8, 4) is 5.75 Å². The first-order valence-corrected chi connectivity index (χ1v) is 12.2. The number of carbonyl (C=O) groups excluding carboxylic acids is 1. The van der Waals surface area contributed by atoms with Crippen molar-refractivity contribution < 1.29 is 13.9 Å². The van der Waals surface area contributed by atoms with Gasteiger partial charge in [-0.15, -0.1) is 0 Å². The monoisotopic (exact) mass is 567 g/mol. The Morgan fingerprint density at radius 1 is 1.03 bits per heavy atom. The third kappa shape index (κ3) is 6.57. The molecule has 0 spiro atoms. The highest BCUT2D eigenvalue weighted by atomic mass is 35.5. The second-order valence-corrected chi connectivity index (χ2v) is 9.59. The van der Waals surface area contributed by atoms with Crippen LogP contribution in [0.15, 0.2) is 59.0 Å². The maximum absolute atomic E-state index is 12.4. The topological polar surface area (TPSA) is 76.4 Å². The Bertz CT molecular complexity index is 1410. The van der Waals surface area contributed by atoms with Crippen molar-refractivity contribution in [2.45, 2.75) is 19.4 Å². The van der Waals surface area contributed by atoms with Gasteiger partial charge in [-0.05, 0) is 67.2 Å². The number of carbonyl (C=O) groups is 1. The number of thiocarbonyl (C=S) groups is 1. The molecule has 0 aliphatic carbocycles. The van der Waals surface area contributed by atoms with Crippen molar-refractivity contribution in [3.05, 3.63) is 86.1 Å². The maximum atomic E-state index is 12.4. The lowest BCUT2D eigenvalue weighted by atomic mass is 10.1. The van der Waals surface area contributed by atoms with Crippen LogP contribution in [-0.2, 0) is 11.2 Å². The lowest BCUT2D eigenvalue weighted by Gasteiger charge is -2.16. The van der Waals surface area contributed by atoms with Crippen LogP contribution in [0.4, 0.5) is 5.69 Å². The SMILES string of the molecule is CC(Oc1ccc(Cl)cc1Cl)C(=O)NC(=S)Nc1ccc(Cc2nc3cc(Cl)cc(Cl)c3o2)cc1. The van der Waals surface area contributed by atoms with Crippen molar-refractivity contribution in [2.75, 3.05) is 5.32 Å². The summed E-state index contributed by atoms with van der Waals surface area (Å²) in [5, 5.41) is 7.38. The summed E-state index contributed by atoms with van der Waals surface area (Å²) in [6, 6.07) is 15.5. The third-order valence-electron chi connectivity index (χ3n) is 4.82. The zero-order chi connectivity index (χ0) is 25.1. The summed E-state index contributed by atoms with van der Waals surface area (Å²) in [5.41, 5.74) is 2.76. The van der Waals surface area contributed by atoms with Gasteiger partial charge in [-0.1, -0.05) is 58.5 Å². The fourth-order valence-electron chi connectivity index (χ4n) is 3.15. The summed E-state index contributed by atoms with van der Waals surface area (Å²) in [6.07, 6.45) is -0.373. The molecular weight excluding hydrogens is 552 g/mol. The van der Waals surface area contributed by atoms with Crippen LogP contribution in [0.5, 0.6) is 5.75 Å². The number of hydrogen-bond acceptors (Lipinski definition) is 5. The van der Waals surface area contributed by atoms with Gasteiger partial charge in [0.1, 0.15) is 11.3 Å². The zero-order valence-corrected chi connectivity index (χ0v) is 21.9. The van der Waals surface area contributed by atoms with E-state index in [1.807, 2.05) is 24.3 Å². The number of ether oxygens (including phenoxy) is 1. The second-order valence-electron chi connectivity index (χ2n) is 7.50. The first-order chi connectivity index (χ1) is 16.7. The van der Waals surface area contributed by atoms with Crippen molar-refractivity contribution in [1.82, 2.24) is 10.3 Å². The quantitative estimate of drug-likeness (QED) is 0.237. The molecule has 1 atom stereocenters. The fourth-order valence-corrected chi connectivity index (χ4v) is 4.35. The van der Waals surface area contributed by atoms with Gasteiger partial charge in [-0.25, -0.2) is 4.98 Å². The average Bonchev–Trinajstić information content (AvgIpc) is 3.19. The highest BCUT2D eigenvalue weighted by Crippen LogP contribution is 2.30. The number of nitrogens with zero attached hydrogens (tertiary/aromatic N) is 1. The minimum atomic E-state index is -0.838. The molecule has 0 aliphatic heterocycles. The van der Waals surface area contributed by atoms with Gasteiger partial charge >= 0.3 is 0 Å². The van der Waals surface area contributed by atoms with E-state index in [1.165, 1.54) is 6.07 Å². The van der Waals surface area contributed by atoms with Crippen LogP contribution in [0.3, 0.4) is 0 Å². The van der Waals surface area contributed by atoms with Crippen LogP contribution in [0, 0.1) is 0 Å². The van der Waals surface area contributed by atoms with Crippen LogP contribution in [0.1, 0.15) is 18.4 Å². The maximum Gasteiger partial charge on any atom is 0.266 e. The molecule has 1 heterocycles. The fraction of sp³-hybridized carbons (Fsp3) is 0.125. The third-order valence-corrected chi connectivity index (χ3v) is 6.06. The summed E-state index contributed by atoms with van der Waals surface area (Å²) in [5.74, 6) is 0.430. The molecule has 4 aromatic rings. The number of anilines is 1. The summed E-state index contributed by atoms with van der Waals surface area (Å²) in [6.45, 7) is 1.59.